The van der Waals surface area contributed by atoms with E-state index < -0.39 is 5.41 Å². The molecule has 94 valence electrons. The van der Waals surface area contributed by atoms with Crippen LogP contribution in [0.3, 0.4) is 0 Å². The van der Waals surface area contributed by atoms with Crippen LogP contribution in [0.15, 0.2) is 24.3 Å². The summed E-state index contributed by atoms with van der Waals surface area (Å²) in [4.78, 5) is 24.3. The third-order valence-corrected chi connectivity index (χ3v) is 4.48. The Morgan fingerprint density at radius 2 is 2.11 bits per heavy atom. The zero-order chi connectivity index (χ0) is 12.8. The number of hydrogen-bond donors (Lipinski definition) is 1. The Morgan fingerprint density at radius 3 is 2.89 bits per heavy atom. The van der Waals surface area contributed by atoms with Crippen LogP contribution in [0, 0.1) is 5.92 Å². The normalized spacial score (nSPS) is 30.4. The van der Waals surface area contributed by atoms with Gasteiger partial charge in [0.05, 0.1) is 11.3 Å². The second-order valence-electron chi connectivity index (χ2n) is 5.26. The first kappa shape index (κ1) is 11.5. The van der Waals surface area contributed by atoms with Crippen molar-refractivity contribution in [2.24, 2.45) is 5.92 Å². The molecule has 1 aliphatic carbocycles. The van der Waals surface area contributed by atoms with Gasteiger partial charge in [0.2, 0.25) is 11.8 Å². The van der Waals surface area contributed by atoms with Crippen molar-refractivity contribution in [3.8, 4) is 0 Å². The fourth-order valence-corrected chi connectivity index (χ4v) is 3.69. The predicted octanol–water partition coefficient (Wildman–Crippen LogP) is 1.94. The SMILES string of the molecule is CC[C@@H]1C(=O)NC(=O)[C@@]12CCCc1ccccc12. The van der Waals surface area contributed by atoms with Gasteiger partial charge in [0.15, 0.2) is 0 Å². The first-order chi connectivity index (χ1) is 8.70. The van der Waals surface area contributed by atoms with Crippen molar-refractivity contribution in [1.29, 1.82) is 0 Å². The minimum Gasteiger partial charge on any atom is -0.295 e. The summed E-state index contributed by atoms with van der Waals surface area (Å²) in [6.07, 6.45) is 3.50. The highest BCUT2D eigenvalue weighted by Gasteiger charge is 2.56. The molecule has 0 saturated carbocycles. The molecule has 0 bridgehead atoms. The molecular formula is C15H17NO2. The van der Waals surface area contributed by atoms with Crippen LogP contribution in [0.4, 0.5) is 0 Å². The van der Waals surface area contributed by atoms with Crippen molar-refractivity contribution < 1.29 is 9.59 Å². The molecule has 1 aromatic rings. The molecule has 1 spiro atoms. The lowest BCUT2D eigenvalue weighted by molar-refractivity contribution is -0.126. The van der Waals surface area contributed by atoms with Gasteiger partial charge in [-0.1, -0.05) is 31.2 Å². The smallest absolute Gasteiger partial charge is 0.238 e. The van der Waals surface area contributed by atoms with Crippen molar-refractivity contribution >= 4 is 11.8 Å². The molecule has 2 aliphatic rings. The summed E-state index contributed by atoms with van der Waals surface area (Å²) in [5.74, 6) is -0.392. The van der Waals surface area contributed by atoms with Gasteiger partial charge >= 0.3 is 0 Å². The molecule has 1 saturated heterocycles. The lowest BCUT2D eigenvalue weighted by atomic mass is 9.63. The first-order valence-corrected chi connectivity index (χ1v) is 6.64. The first-order valence-electron chi connectivity index (χ1n) is 6.64. The summed E-state index contributed by atoms with van der Waals surface area (Å²) in [7, 11) is 0. The van der Waals surface area contributed by atoms with E-state index in [0.717, 1.165) is 24.8 Å². The van der Waals surface area contributed by atoms with E-state index in [2.05, 4.69) is 11.4 Å². The summed E-state index contributed by atoms with van der Waals surface area (Å²) in [5, 5.41) is 2.54. The Hall–Kier alpha value is -1.64. The number of nitrogens with one attached hydrogen (secondary N) is 1. The van der Waals surface area contributed by atoms with Gasteiger partial charge in [0, 0.05) is 0 Å². The molecule has 1 heterocycles. The number of imide groups is 1. The van der Waals surface area contributed by atoms with E-state index in [1.54, 1.807) is 0 Å². The van der Waals surface area contributed by atoms with E-state index in [9.17, 15) is 9.59 Å². The Morgan fingerprint density at radius 1 is 1.33 bits per heavy atom. The molecule has 1 aromatic carbocycles. The van der Waals surface area contributed by atoms with Crippen LogP contribution in [0.5, 0.6) is 0 Å². The van der Waals surface area contributed by atoms with Crippen LogP contribution in [-0.4, -0.2) is 11.8 Å². The second-order valence-corrected chi connectivity index (χ2v) is 5.26. The van der Waals surface area contributed by atoms with E-state index >= 15 is 0 Å². The fraction of sp³-hybridized carbons (Fsp3) is 0.467. The van der Waals surface area contributed by atoms with Gasteiger partial charge in [0.25, 0.3) is 0 Å². The van der Waals surface area contributed by atoms with Crippen LogP contribution in [0.25, 0.3) is 0 Å². The highest BCUT2D eigenvalue weighted by Crippen LogP contribution is 2.47. The van der Waals surface area contributed by atoms with Crippen molar-refractivity contribution in [1.82, 2.24) is 5.32 Å². The van der Waals surface area contributed by atoms with E-state index in [0.29, 0.717) is 6.42 Å². The third kappa shape index (κ3) is 1.30. The van der Waals surface area contributed by atoms with Crippen molar-refractivity contribution in [3.63, 3.8) is 0 Å². The van der Waals surface area contributed by atoms with Crippen LogP contribution >= 0.6 is 0 Å². The molecule has 3 heteroatoms. The summed E-state index contributed by atoms with van der Waals surface area (Å²) in [6.45, 7) is 1.99. The fourth-order valence-electron chi connectivity index (χ4n) is 3.69. The number of benzene rings is 1. The van der Waals surface area contributed by atoms with Gasteiger partial charge in [-0.2, -0.15) is 0 Å². The highest BCUT2D eigenvalue weighted by atomic mass is 16.2. The largest absolute Gasteiger partial charge is 0.295 e. The van der Waals surface area contributed by atoms with Crippen molar-refractivity contribution in [2.75, 3.05) is 0 Å². The number of carbonyl (C=O) groups is 2. The quantitative estimate of drug-likeness (QED) is 0.766. The molecule has 2 amide bonds. The number of carbonyl (C=O) groups excluding carboxylic acids is 2. The molecule has 1 aliphatic heterocycles. The van der Waals surface area contributed by atoms with E-state index in [1.807, 2.05) is 25.1 Å². The van der Waals surface area contributed by atoms with Gasteiger partial charge in [-0.3, -0.25) is 14.9 Å². The van der Waals surface area contributed by atoms with Crippen LogP contribution in [0.2, 0.25) is 0 Å². The molecule has 1 N–H and O–H groups in total. The predicted molar refractivity (Wildman–Crippen MR) is 68.0 cm³/mol. The van der Waals surface area contributed by atoms with Crippen molar-refractivity contribution in [3.05, 3.63) is 35.4 Å². The molecule has 18 heavy (non-hydrogen) atoms. The van der Waals surface area contributed by atoms with E-state index in [-0.39, 0.29) is 17.7 Å². The van der Waals surface area contributed by atoms with Crippen LogP contribution < -0.4 is 5.32 Å². The molecular weight excluding hydrogens is 226 g/mol. The molecule has 0 unspecified atom stereocenters. The zero-order valence-corrected chi connectivity index (χ0v) is 10.5. The lowest BCUT2D eigenvalue weighted by Gasteiger charge is -2.36. The van der Waals surface area contributed by atoms with Crippen molar-refractivity contribution in [2.45, 2.75) is 38.0 Å². The maximum atomic E-state index is 12.4. The molecule has 2 atom stereocenters. The Bertz CT molecular complexity index is 523. The van der Waals surface area contributed by atoms with Gasteiger partial charge in [0.1, 0.15) is 0 Å². The lowest BCUT2D eigenvalue weighted by Crippen LogP contribution is -2.42. The Labute approximate surface area is 107 Å². The van der Waals surface area contributed by atoms with Crippen LogP contribution in [0.1, 0.15) is 37.3 Å². The average molecular weight is 243 g/mol. The minimum absolute atomic E-state index is 0.0912. The van der Waals surface area contributed by atoms with E-state index in [1.165, 1.54) is 5.56 Å². The summed E-state index contributed by atoms with van der Waals surface area (Å²) >= 11 is 0. The molecule has 0 aromatic heterocycles. The number of amides is 2. The third-order valence-electron chi connectivity index (χ3n) is 4.48. The summed E-state index contributed by atoms with van der Waals surface area (Å²) < 4.78 is 0. The Kier molecular flexibility index (Phi) is 2.51. The van der Waals surface area contributed by atoms with Gasteiger partial charge in [-0.15, -0.1) is 0 Å². The monoisotopic (exact) mass is 243 g/mol. The van der Waals surface area contributed by atoms with Gasteiger partial charge < -0.3 is 0 Å². The molecule has 0 radical (unpaired) electrons. The molecule has 3 rings (SSSR count). The molecule has 3 nitrogen and oxygen atoms in total. The standard InChI is InChI=1S/C15H17NO2/c1-2-11-13(17)16-14(18)15(11)9-5-7-10-6-3-4-8-12(10)15/h3-4,6,8,11H,2,5,7,9H2,1H3,(H,16,17,18)/t11-,15+/m1/s1. The maximum Gasteiger partial charge on any atom is 0.238 e. The maximum absolute atomic E-state index is 12.4. The van der Waals surface area contributed by atoms with E-state index in [4.69, 9.17) is 0 Å². The minimum atomic E-state index is -0.597. The van der Waals surface area contributed by atoms with Crippen LogP contribution in [-0.2, 0) is 21.4 Å². The number of aryl methyl sites for hydroxylation is 1. The topological polar surface area (TPSA) is 46.2 Å². The molecule has 1 fully saturated rings. The summed E-state index contributed by atoms with van der Waals surface area (Å²) in [5.41, 5.74) is 1.71. The second kappa shape index (κ2) is 3.94. The zero-order valence-electron chi connectivity index (χ0n) is 10.5. The van der Waals surface area contributed by atoms with Gasteiger partial charge in [-0.05, 0) is 36.8 Å². The number of hydrogen-bond acceptors (Lipinski definition) is 2. The number of fused-ring (bicyclic) bond motifs is 2. The average Bonchev–Trinajstić information content (AvgIpc) is 2.62. The highest BCUT2D eigenvalue weighted by molar-refractivity contribution is 6.10. The van der Waals surface area contributed by atoms with Gasteiger partial charge in [-0.25, -0.2) is 0 Å². The summed E-state index contributed by atoms with van der Waals surface area (Å²) in [6, 6.07) is 8.08. The number of rotatable bonds is 1. The Balaban J connectivity index is 2.21.